The molecule has 1 aromatic heterocycles. The van der Waals surface area contributed by atoms with Crippen molar-refractivity contribution in [1.29, 1.82) is 0 Å². The van der Waals surface area contributed by atoms with Gasteiger partial charge in [-0.3, -0.25) is 4.79 Å². The van der Waals surface area contributed by atoms with Gasteiger partial charge in [0, 0.05) is 23.0 Å². The van der Waals surface area contributed by atoms with Gasteiger partial charge < -0.3 is 10.3 Å². The Morgan fingerprint density at radius 3 is 2.55 bits per heavy atom. The van der Waals surface area contributed by atoms with Crippen molar-refractivity contribution in [1.82, 2.24) is 4.57 Å². The Labute approximate surface area is 123 Å². The average molecular weight is 289 g/mol. The number of halogens is 1. The lowest BCUT2D eigenvalue weighted by molar-refractivity contribution is 0.0999. The Morgan fingerprint density at radius 2 is 2.00 bits per heavy atom. The van der Waals surface area contributed by atoms with Gasteiger partial charge in [-0.05, 0) is 49.4 Å². The predicted octanol–water partition coefficient (Wildman–Crippen LogP) is 3.63. The number of nitrogens with two attached hydrogens (primary N) is 1. The maximum Gasteiger partial charge on any atom is 0.250 e. The Hall–Kier alpha value is -1.74. The van der Waals surface area contributed by atoms with Crippen molar-refractivity contribution in [3.8, 4) is 11.3 Å². The van der Waals surface area contributed by atoms with Gasteiger partial charge in [-0.15, -0.1) is 0 Å². The highest BCUT2D eigenvalue weighted by molar-refractivity contribution is 6.30. The molecule has 0 atom stereocenters. The van der Waals surface area contributed by atoms with E-state index in [1.54, 1.807) is 0 Å². The summed E-state index contributed by atoms with van der Waals surface area (Å²) in [5.74, 6) is 0.361. The van der Waals surface area contributed by atoms with E-state index in [0.29, 0.717) is 10.6 Å². The van der Waals surface area contributed by atoms with Crippen LogP contribution in [0.5, 0.6) is 0 Å². The van der Waals surface area contributed by atoms with E-state index in [1.807, 2.05) is 37.3 Å². The minimum atomic E-state index is -0.368. The minimum absolute atomic E-state index is 0.368. The van der Waals surface area contributed by atoms with Crippen LogP contribution in [0.2, 0.25) is 5.02 Å². The number of primary amides is 1. The number of benzene rings is 1. The first-order valence-corrected chi connectivity index (χ1v) is 7.20. The van der Waals surface area contributed by atoms with E-state index in [9.17, 15) is 4.79 Å². The molecule has 2 aromatic rings. The zero-order valence-electron chi connectivity index (χ0n) is 11.4. The van der Waals surface area contributed by atoms with Crippen LogP contribution in [0.25, 0.3) is 11.3 Å². The van der Waals surface area contributed by atoms with Crippen LogP contribution >= 0.6 is 11.6 Å². The fourth-order valence-electron chi connectivity index (χ4n) is 2.55. The number of rotatable bonds is 4. The molecular weight excluding hydrogens is 272 g/mol. The molecule has 1 heterocycles. The third-order valence-electron chi connectivity index (χ3n) is 3.91. The molecule has 1 aromatic carbocycles. The standard InChI is InChI=1S/C16H17ClN2O/c1-10-14(16(18)20)8-15(19(10)9-11-2-3-11)12-4-6-13(17)7-5-12/h4-8,11H,2-3,9H2,1H3,(H2,18,20). The maximum atomic E-state index is 11.6. The molecule has 4 heteroatoms. The van der Waals surface area contributed by atoms with E-state index >= 15 is 0 Å². The summed E-state index contributed by atoms with van der Waals surface area (Å²) in [5, 5.41) is 0.709. The van der Waals surface area contributed by atoms with Crippen LogP contribution in [0.1, 0.15) is 28.9 Å². The Balaban J connectivity index is 2.09. The quantitative estimate of drug-likeness (QED) is 0.917. The zero-order valence-corrected chi connectivity index (χ0v) is 12.2. The molecule has 0 bridgehead atoms. The molecule has 0 unspecified atom stereocenters. The number of carbonyl (C=O) groups excluding carboxylic acids is 1. The molecule has 1 aliphatic rings. The summed E-state index contributed by atoms with van der Waals surface area (Å²) in [7, 11) is 0. The molecule has 1 amide bonds. The lowest BCUT2D eigenvalue weighted by atomic mass is 10.1. The molecule has 104 valence electrons. The fraction of sp³-hybridized carbons (Fsp3) is 0.312. The van der Waals surface area contributed by atoms with Gasteiger partial charge in [0.2, 0.25) is 0 Å². The Morgan fingerprint density at radius 1 is 1.35 bits per heavy atom. The van der Waals surface area contributed by atoms with Crippen LogP contribution in [-0.2, 0) is 6.54 Å². The van der Waals surface area contributed by atoms with E-state index in [4.69, 9.17) is 17.3 Å². The van der Waals surface area contributed by atoms with Gasteiger partial charge in [0.05, 0.1) is 5.56 Å². The van der Waals surface area contributed by atoms with Crippen molar-refractivity contribution in [3.05, 3.63) is 46.6 Å². The Kier molecular flexibility index (Phi) is 3.30. The van der Waals surface area contributed by atoms with Gasteiger partial charge >= 0.3 is 0 Å². The number of hydrogen-bond acceptors (Lipinski definition) is 1. The minimum Gasteiger partial charge on any atom is -0.366 e. The van der Waals surface area contributed by atoms with Gasteiger partial charge in [0.1, 0.15) is 0 Å². The fourth-order valence-corrected chi connectivity index (χ4v) is 2.67. The van der Waals surface area contributed by atoms with Crippen molar-refractivity contribution in [3.63, 3.8) is 0 Å². The normalized spacial score (nSPS) is 14.5. The first kappa shape index (κ1) is 13.3. The summed E-state index contributed by atoms with van der Waals surface area (Å²) < 4.78 is 2.21. The topological polar surface area (TPSA) is 48.0 Å². The second-order valence-corrected chi connectivity index (χ2v) is 5.89. The van der Waals surface area contributed by atoms with E-state index in [0.717, 1.165) is 29.4 Å². The Bertz CT molecular complexity index is 654. The van der Waals surface area contributed by atoms with Crippen molar-refractivity contribution in [2.75, 3.05) is 0 Å². The monoisotopic (exact) mass is 288 g/mol. The average Bonchev–Trinajstić information content (AvgIpc) is 3.16. The van der Waals surface area contributed by atoms with Crippen molar-refractivity contribution >= 4 is 17.5 Å². The van der Waals surface area contributed by atoms with Crippen LogP contribution in [0.15, 0.2) is 30.3 Å². The molecule has 1 saturated carbocycles. The number of amides is 1. The third kappa shape index (κ3) is 2.46. The number of nitrogens with zero attached hydrogens (tertiary/aromatic N) is 1. The molecule has 0 radical (unpaired) electrons. The molecule has 20 heavy (non-hydrogen) atoms. The van der Waals surface area contributed by atoms with Crippen LogP contribution in [-0.4, -0.2) is 10.5 Å². The molecule has 3 rings (SSSR count). The molecule has 0 spiro atoms. The molecular formula is C16H17ClN2O. The second kappa shape index (κ2) is 4.98. The van der Waals surface area contributed by atoms with Crippen molar-refractivity contribution in [2.45, 2.75) is 26.3 Å². The molecule has 0 aliphatic heterocycles. The highest BCUT2D eigenvalue weighted by Gasteiger charge is 2.25. The zero-order chi connectivity index (χ0) is 14.3. The molecule has 1 fully saturated rings. The van der Waals surface area contributed by atoms with Gasteiger partial charge in [-0.2, -0.15) is 0 Å². The number of carbonyl (C=O) groups is 1. The van der Waals surface area contributed by atoms with Crippen molar-refractivity contribution < 1.29 is 4.79 Å². The maximum absolute atomic E-state index is 11.6. The SMILES string of the molecule is Cc1c(C(N)=O)cc(-c2ccc(Cl)cc2)n1CC1CC1. The van der Waals surface area contributed by atoms with E-state index in [1.165, 1.54) is 12.8 Å². The van der Waals surface area contributed by atoms with Crippen LogP contribution in [0, 0.1) is 12.8 Å². The summed E-state index contributed by atoms with van der Waals surface area (Å²) in [4.78, 5) is 11.6. The largest absolute Gasteiger partial charge is 0.366 e. The van der Waals surface area contributed by atoms with E-state index < -0.39 is 0 Å². The van der Waals surface area contributed by atoms with Crippen LogP contribution < -0.4 is 5.73 Å². The third-order valence-corrected chi connectivity index (χ3v) is 4.16. The summed E-state index contributed by atoms with van der Waals surface area (Å²) >= 11 is 5.94. The summed E-state index contributed by atoms with van der Waals surface area (Å²) in [5.41, 5.74) is 9.13. The molecule has 0 saturated heterocycles. The number of hydrogen-bond donors (Lipinski definition) is 1. The molecule has 1 aliphatic carbocycles. The van der Waals surface area contributed by atoms with Crippen LogP contribution in [0.3, 0.4) is 0 Å². The smallest absolute Gasteiger partial charge is 0.250 e. The molecule has 3 nitrogen and oxygen atoms in total. The van der Waals surface area contributed by atoms with Gasteiger partial charge in [0.15, 0.2) is 0 Å². The molecule has 2 N–H and O–H groups in total. The highest BCUT2D eigenvalue weighted by atomic mass is 35.5. The first-order valence-electron chi connectivity index (χ1n) is 6.82. The van der Waals surface area contributed by atoms with Gasteiger partial charge in [-0.1, -0.05) is 23.7 Å². The van der Waals surface area contributed by atoms with Crippen LogP contribution in [0.4, 0.5) is 0 Å². The highest BCUT2D eigenvalue weighted by Crippen LogP contribution is 2.35. The summed E-state index contributed by atoms with van der Waals surface area (Å²) in [6.45, 7) is 2.92. The summed E-state index contributed by atoms with van der Waals surface area (Å²) in [6, 6.07) is 9.58. The van der Waals surface area contributed by atoms with Gasteiger partial charge in [-0.25, -0.2) is 0 Å². The first-order chi connectivity index (χ1) is 9.56. The predicted molar refractivity (Wildman–Crippen MR) is 80.9 cm³/mol. The van der Waals surface area contributed by atoms with Crippen molar-refractivity contribution in [2.24, 2.45) is 11.7 Å². The van der Waals surface area contributed by atoms with E-state index in [-0.39, 0.29) is 5.91 Å². The lowest BCUT2D eigenvalue weighted by Gasteiger charge is -2.11. The van der Waals surface area contributed by atoms with E-state index in [2.05, 4.69) is 4.57 Å². The number of aromatic nitrogens is 1. The second-order valence-electron chi connectivity index (χ2n) is 5.45. The van der Waals surface area contributed by atoms with Gasteiger partial charge in [0.25, 0.3) is 5.91 Å². The lowest BCUT2D eigenvalue weighted by Crippen LogP contribution is -2.12. The summed E-state index contributed by atoms with van der Waals surface area (Å²) in [6.07, 6.45) is 2.53.